The lowest BCUT2D eigenvalue weighted by atomic mass is 9.85. The van der Waals surface area contributed by atoms with Gasteiger partial charge in [-0.2, -0.15) is 0 Å². The lowest BCUT2D eigenvalue weighted by Gasteiger charge is -2.30. The molecule has 1 saturated heterocycles. The molecule has 0 radical (unpaired) electrons. The van der Waals surface area contributed by atoms with E-state index in [1.807, 2.05) is 12.1 Å². The van der Waals surface area contributed by atoms with Crippen LogP contribution in [0, 0.1) is 11.8 Å². The Balaban J connectivity index is 0.00000192. The molecule has 1 aliphatic heterocycles. The molecule has 0 spiro atoms. The van der Waals surface area contributed by atoms with E-state index < -0.39 is 0 Å². The van der Waals surface area contributed by atoms with Gasteiger partial charge in [0.1, 0.15) is 0 Å². The van der Waals surface area contributed by atoms with Crippen molar-refractivity contribution in [2.24, 2.45) is 11.8 Å². The van der Waals surface area contributed by atoms with Gasteiger partial charge in [-0.1, -0.05) is 6.92 Å². The largest absolute Gasteiger partial charge is 0.335 e. The van der Waals surface area contributed by atoms with E-state index in [4.69, 9.17) is 0 Å². The zero-order valence-corrected chi connectivity index (χ0v) is 14.7. The molecule has 23 heavy (non-hydrogen) atoms. The number of nitrogens with one attached hydrogen (secondary N) is 1. The van der Waals surface area contributed by atoms with Gasteiger partial charge in [-0.15, -0.1) is 12.4 Å². The molecule has 1 aliphatic carbocycles. The second kappa shape index (κ2) is 8.65. The summed E-state index contributed by atoms with van der Waals surface area (Å²) < 4.78 is 0. The van der Waals surface area contributed by atoms with Crippen LogP contribution >= 0.6 is 12.4 Å². The number of hydrogen-bond acceptors (Lipinski definition) is 3. The first-order chi connectivity index (χ1) is 10.7. The average molecular weight is 338 g/mol. The Morgan fingerprint density at radius 2 is 2.09 bits per heavy atom. The van der Waals surface area contributed by atoms with Gasteiger partial charge in [0, 0.05) is 31.4 Å². The summed E-state index contributed by atoms with van der Waals surface area (Å²) in [4.78, 5) is 18.9. The number of carbonyl (C=O) groups excluding carboxylic acids is 1. The Hall–Kier alpha value is -1.13. The molecule has 1 N–H and O–H groups in total. The first-order valence-corrected chi connectivity index (χ1v) is 8.63. The molecule has 3 rings (SSSR count). The maximum Gasteiger partial charge on any atom is 0.223 e. The Bertz CT molecular complexity index is 486. The molecule has 1 amide bonds. The Morgan fingerprint density at radius 3 is 2.70 bits per heavy atom. The molecule has 0 bridgehead atoms. The van der Waals surface area contributed by atoms with Crippen molar-refractivity contribution < 1.29 is 4.79 Å². The minimum atomic E-state index is 0. The lowest BCUT2D eigenvalue weighted by Crippen LogP contribution is -2.37. The molecule has 1 saturated carbocycles. The van der Waals surface area contributed by atoms with Crippen LogP contribution in [-0.2, 0) is 11.3 Å². The normalized spacial score (nSPS) is 22.0. The van der Waals surface area contributed by atoms with Gasteiger partial charge in [0.15, 0.2) is 0 Å². The van der Waals surface area contributed by atoms with Gasteiger partial charge in [0.25, 0.3) is 0 Å². The third-order valence-corrected chi connectivity index (χ3v) is 5.05. The maximum atomic E-state index is 12.8. The average Bonchev–Trinajstić information content (AvgIpc) is 3.39. The highest BCUT2D eigenvalue weighted by Gasteiger charge is 2.33. The van der Waals surface area contributed by atoms with E-state index in [1.54, 1.807) is 12.4 Å². The van der Waals surface area contributed by atoms with Crippen molar-refractivity contribution in [1.29, 1.82) is 0 Å². The highest BCUT2D eigenvalue weighted by atomic mass is 35.5. The monoisotopic (exact) mass is 337 g/mol. The van der Waals surface area contributed by atoms with Crippen molar-refractivity contribution in [3.63, 3.8) is 0 Å². The van der Waals surface area contributed by atoms with Crippen molar-refractivity contribution >= 4 is 18.3 Å². The van der Waals surface area contributed by atoms with Crippen molar-refractivity contribution in [2.75, 3.05) is 13.1 Å². The third-order valence-electron chi connectivity index (χ3n) is 5.05. The molecular formula is C18H28ClN3O. The molecule has 4 nitrogen and oxygen atoms in total. The minimum Gasteiger partial charge on any atom is -0.335 e. The molecule has 2 unspecified atom stereocenters. The van der Waals surface area contributed by atoms with E-state index in [2.05, 4.69) is 22.1 Å². The van der Waals surface area contributed by atoms with Crippen LogP contribution in [0.15, 0.2) is 24.5 Å². The number of carbonyl (C=O) groups is 1. The molecule has 128 valence electrons. The van der Waals surface area contributed by atoms with Gasteiger partial charge in [-0.25, -0.2) is 0 Å². The minimum absolute atomic E-state index is 0. The molecule has 2 fully saturated rings. The summed E-state index contributed by atoms with van der Waals surface area (Å²) in [6, 6.07) is 4.49. The fourth-order valence-electron chi connectivity index (χ4n) is 3.42. The van der Waals surface area contributed by atoms with Crippen molar-refractivity contribution in [3.05, 3.63) is 30.1 Å². The number of piperidine rings is 1. The Labute approximate surface area is 145 Å². The van der Waals surface area contributed by atoms with Crippen LogP contribution in [0.1, 0.15) is 44.6 Å². The molecule has 2 atom stereocenters. The Morgan fingerprint density at radius 1 is 1.35 bits per heavy atom. The van der Waals surface area contributed by atoms with Crippen molar-refractivity contribution in [3.8, 4) is 0 Å². The smallest absolute Gasteiger partial charge is 0.223 e. The summed E-state index contributed by atoms with van der Waals surface area (Å²) >= 11 is 0. The highest BCUT2D eigenvalue weighted by molar-refractivity contribution is 5.85. The maximum absolute atomic E-state index is 12.8. The van der Waals surface area contributed by atoms with Gasteiger partial charge in [0.2, 0.25) is 5.91 Å². The number of aromatic nitrogens is 1. The van der Waals surface area contributed by atoms with Crippen molar-refractivity contribution in [1.82, 2.24) is 15.2 Å². The van der Waals surface area contributed by atoms with E-state index in [9.17, 15) is 4.79 Å². The van der Waals surface area contributed by atoms with Gasteiger partial charge in [0.05, 0.1) is 0 Å². The van der Waals surface area contributed by atoms with E-state index in [-0.39, 0.29) is 12.4 Å². The number of amides is 1. The SMILES string of the molecule is CC(CC(=O)N(Cc1ccncc1)C1CC1)C1CCCNC1.Cl. The molecule has 1 aromatic rings. The fourth-order valence-corrected chi connectivity index (χ4v) is 3.42. The van der Waals surface area contributed by atoms with Crippen LogP contribution < -0.4 is 5.32 Å². The second-order valence-electron chi connectivity index (χ2n) is 6.90. The van der Waals surface area contributed by atoms with Crippen LogP contribution in [0.3, 0.4) is 0 Å². The van der Waals surface area contributed by atoms with Gasteiger partial charge in [-0.05, 0) is 68.3 Å². The fraction of sp³-hybridized carbons (Fsp3) is 0.667. The lowest BCUT2D eigenvalue weighted by molar-refractivity contribution is -0.133. The zero-order valence-electron chi connectivity index (χ0n) is 13.9. The van der Waals surface area contributed by atoms with Gasteiger partial charge >= 0.3 is 0 Å². The van der Waals surface area contributed by atoms with Crippen LogP contribution in [-0.4, -0.2) is 34.9 Å². The molecule has 0 aromatic carbocycles. The summed E-state index contributed by atoms with van der Waals surface area (Å²) in [5.74, 6) is 1.45. The summed E-state index contributed by atoms with van der Waals surface area (Å²) in [5.41, 5.74) is 1.18. The topological polar surface area (TPSA) is 45.2 Å². The second-order valence-corrected chi connectivity index (χ2v) is 6.90. The van der Waals surface area contributed by atoms with Gasteiger partial charge in [-0.3, -0.25) is 9.78 Å². The van der Waals surface area contributed by atoms with Crippen LogP contribution in [0.4, 0.5) is 0 Å². The molecule has 1 aromatic heterocycles. The molecular weight excluding hydrogens is 310 g/mol. The molecule has 5 heteroatoms. The summed E-state index contributed by atoms with van der Waals surface area (Å²) in [5, 5.41) is 3.46. The first kappa shape index (κ1) is 18.2. The zero-order chi connectivity index (χ0) is 15.4. The van der Waals surface area contributed by atoms with E-state index in [0.717, 1.165) is 32.5 Å². The number of pyridine rings is 1. The standard InChI is InChI=1S/C18H27N3O.ClH/c1-14(16-3-2-8-20-12-16)11-18(22)21(17-4-5-17)13-15-6-9-19-10-7-15;/h6-7,9-10,14,16-17,20H,2-5,8,11-13H2,1H3;1H. The Kier molecular flexibility index (Phi) is 6.85. The van der Waals surface area contributed by atoms with Gasteiger partial charge < -0.3 is 10.2 Å². The quantitative estimate of drug-likeness (QED) is 0.867. The first-order valence-electron chi connectivity index (χ1n) is 8.63. The van der Waals surface area contributed by atoms with E-state index in [1.165, 1.54) is 18.4 Å². The number of halogens is 1. The summed E-state index contributed by atoms with van der Waals surface area (Å²) in [6.45, 7) is 5.18. The molecule has 2 aliphatic rings. The van der Waals surface area contributed by atoms with E-state index >= 15 is 0 Å². The van der Waals surface area contributed by atoms with E-state index in [0.29, 0.717) is 30.2 Å². The summed E-state index contributed by atoms with van der Waals surface area (Å²) in [7, 11) is 0. The number of rotatable bonds is 6. The van der Waals surface area contributed by atoms with Crippen LogP contribution in [0.5, 0.6) is 0 Å². The number of nitrogens with zero attached hydrogens (tertiary/aromatic N) is 2. The van der Waals surface area contributed by atoms with Crippen molar-refractivity contribution in [2.45, 2.75) is 51.6 Å². The van der Waals surface area contributed by atoms with Crippen LogP contribution in [0.2, 0.25) is 0 Å². The predicted molar refractivity (Wildman–Crippen MR) is 94.4 cm³/mol. The predicted octanol–water partition coefficient (Wildman–Crippen LogP) is 3.02. The molecule has 2 heterocycles. The third kappa shape index (κ3) is 5.18. The van der Waals surface area contributed by atoms with Crippen LogP contribution in [0.25, 0.3) is 0 Å². The summed E-state index contributed by atoms with van der Waals surface area (Å²) in [6.07, 6.45) is 9.13. The highest BCUT2D eigenvalue weighted by Crippen LogP contribution is 2.31. The number of hydrogen-bond donors (Lipinski definition) is 1.